The third kappa shape index (κ3) is 3.71. The van der Waals surface area contributed by atoms with Gasteiger partial charge in [-0.2, -0.15) is 5.10 Å². The first-order valence-corrected chi connectivity index (χ1v) is 8.42. The standard InChI is InChI=1S/C17H21ClN4O2/c1-24-13-6-4-12(5-7-13)15(22-8-2-3-9-22)11-19-14-10-20-21-17(23)16(14)18/h4-7,10,15H,2-3,8-9,11H2,1H3,(H2,19,21,23). The van der Waals surface area contributed by atoms with Crippen LogP contribution in [-0.2, 0) is 0 Å². The molecule has 7 heteroatoms. The molecule has 1 unspecified atom stereocenters. The van der Waals surface area contributed by atoms with Crippen molar-refractivity contribution in [2.45, 2.75) is 18.9 Å². The summed E-state index contributed by atoms with van der Waals surface area (Å²) in [5.74, 6) is 0.841. The number of likely N-dealkylation sites (tertiary alicyclic amines) is 1. The highest BCUT2D eigenvalue weighted by Crippen LogP contribution is 2.27. The van der Waals surface area contributed by atoms with E-state index in [1.807, 2.05) is 12.1 Å². The molecule has 1 saturated heterocycles. The molecule has 0 radical (unpaired) electrons. The van der Waals surface area contributed by atoms with Gasteiger partial charge in [0.05, 0.1) is 25.0 Å². The van der Waals surface area contributed by atoms with E-state index in [1.54, 1.807) is 13.3 Å². The average Bonchev–Trinajstić information content (AvgIpc) is 3.13. The van der Waals surface area contributed by atoms with Gasteiger partial charge in [0.2, 0.25) is 0 Å². The Bertz CT molecular complexity index is 726. The van der Waals surface area contributed by atoms with Crippen molar-refractivity contribution < 1.29 is 4.74 Å². The van der Waals surface area contributed by atoms with Crippen LogP contribution < -0.4 is 15.6 Å². The van der Waals surface area contributed by atoms with Gasteiger partial charge in [-0.15, -0.1) is 0 Å². The summed E-state index contributed by atoms with van der Waals surface area (Å²) in [4.78, 5) is 14.0. The van der Waals surface area contributed by atoms with Gasteiger partial charge in [0.15, 0.2) is 0 Å². The highest BCUT2D eigenvalue weighted by atomic mass is 35.5. The Balaban J connectivity index is 1.79. The first-order chi connectivity index (χ1) is 11.7. The van der Waals surface area contributed by atoms with Crippen molar-refractivity contribution in [3.05, 3.63) is 51.4 Å². The Labute approximate surface area is 145 Å². The van der Waals surface area contributed by atoms with Gasteiger partial charge in [0.1, 0.15) is 10.8 Å². The molecular weight excluding hydrogens is 328 g/mol. The van der Waals surface area contributed by atoms with Crippen LogP contribution in [0.2, 0.25) is 5.02 Å². The van der Waals surface area contributed by atoms with Crippen molar-refractivity contribution in [1.82, 2.24) is 15.1 Å². The normalized spacial score (nSPS) is 16.1. The third-order valence-corrected chi connectivity index (χ3v) is 4.74. The number of aromatic amines is 1. The SMILES string of the molecule is COc1ccc(C(CNc2cn[nH]c(=O)c2Cl)N2CCCC2)cc1. The minimum atomic E-state index is -0.385. The molecule has 1 fully saturated rings. The quantitative estimate of drug-likeness (QED) is 0.840. The first-order valence-electron chi connectivity index (χ1n) is 8.04. The predicted molar refractivity (Wildman–Crippen MR) is 94.9 cm³/mol. The molecule has 0 saturated carbocycles. The van der Waals surface area contributed by atoms with Crippen molar-refractivity contribution in [2.24, 2.45) is 0 Å². The van der Waals surface area contributed by atoms with Crippen LogP contribution in [0.3, 0.4) is 0 Å². The molecule has 2 N–H and O–H groups in total. The fourth-order valence-electron chi connectivity index (χ4n) is 3.05. The predicted octanol–water partition coefficient (Wildman–Crippen LogP) is 2.68. The van der Waals surface area contributed by atoms with Crippen molar-refractivity contribution in [3.63, 3.8) is 0 Å². The summed E-state index contributed by atoms with van der Waals surface area (Å²) in [7, 11) is 1.66. The van der Waals surface area contributed by atoms with Gasteiger partial charge in [-0.05, 0) is 43.6 Å². The molecule has 1 aliphatic heterocycles. The summed E-state index contributed by atoms with van der Waals surface area (Å²) in [6.07, 6.45) is 3.96. The second kappa shape index (κ2) is 7.68. The summed E-state index contributed by atoms with van der Waals surface area (Å²) < 4.78 is 5.24. The molecule has 6 nitrogen and oxygen atoms in total. The zero-order valence-corrected chi connectivity index (χ0v) is 14.3. The smallest absolute Gasteiger partial charge is 0.285 e. The minimum absolute atomic E-state index is 0.139. The molecule has 0 amide bonds. The van der Waals surface area contributed by atoms with Crippen LogP contribution in [0.25, 0.3) is 0 Å². The fourth-order valence-corrected chi connectivity index (χ4v) is 3.21. The van der Waals surface area contributed by atoms with Gasteiger partial charge in [-0.25, -0.2) is 5.10 Å². The maximum Gasteiger partial charge on any atom is 0.285 e. The monoisotopic (exact) mass is 348 g/mol. The van der Waals surface area contributed by atoms with Crippen LogP contribution in [0.15, 0.2) is 35.3 Å². The molecule has 0 spiro atoms. The molecule has 1 atom stereocenters. The molecular formula is C17H21ClN4O2. The van der Waals surface area contributed by atoms with Crippen LogP contribution in [0.5, 0.6) is 5.75 Å². The summed E-state index contributed by atoms with van der Waals surface area (Å²) >= 11 is 6.05. The number of H-pyrrole nitrogens is 1. The lowest BCUT2D eigenvalue weighted by Gasteiger charge is -2.28. The zero-order valence-electron chi connectivity index (χ0n) is 13.6. The van der Waals surface area contributed by atoms with Crippen molar-refractivity contribution in [2.75, 3.05) is 32.1 Å². The maximum atomic E-state index is 11.6. The number of halogens is 1. The lowest BCUT2D eigenvalue weighted by atomic mass is 10.1. The van der Waals surface area contributed by atoms with Gasteiger partial charge in [0.25, 0.3) is 5.56 Å². The van der Waals surface area contributed by atoms with E-state index in [4.69, 9.17) is 16.3 Å². The average molecular weight is 349 g/mol. The van der Waals surface area contributed by atoms with E-state index in [2.05, 4.69) is 32.5 Å². The number of hydrogen-bond acceptors (Lipinski definition) is 5. The molecule has 128 valence electrons. The molecule has 1 aromatic carbocycles. The number of benzene rings is 1. The van der Waals surface area contributed by atoms with E-state index >= 15 is 0 Å². The lowest BCUT2D eigenvalue weighted by Crippen LogP contribution is -2.31. The second-order valence-corrected chi connectivity index (χ2v) is 6.22. The van der Waals surface area contributed by atoms with Crippen molar-refractivity contribution in [1.29, 1.82) is 0 Å². The van der Waals surface area contributed by atoms with Gasteiger partial charge in [-0.1, -0.05) is 23.7 Å². The van der Waals surface area contributed by atoms with Crippen molar-refractivity contribution >= 4 is 17.3 Å². The van der Waals surface area contributed by atoms with Crippen LogP contribution in [0.4, 0.5) is 5.69 Å². The van der Waals surface area contributed by atoms with Gasteiger partial charge < -0.3 is 10.1 Å². The van der Waals surface area contributed by atoms with Gasteiger partial charge in [0, 0.05) is 6.54 Å². The molecule has 1 aromatic heterocycles. The Hall–Kier alpha value is -2.05. The van der Waals surface area contributed by atoms with E-state index in [9.17, 15) is 4.79 Å². The second-order valence-electron chi connectivity index (χ2n) is 5.84. The lowest BCUT2D eigenvalue weighted by molar-refractivity contribution is 0.256. The maximum absolute atomic E-state index is 11.6. The number of hydrogen-bond donors (Lipinski definition) is 2. The first kappa shape index (κ1) is 16.8. The summed E-state index contributed by atoms with van der Waals surface area (Å²) in [5, 5.41) is 9.54. The van der Waals surface area contributed by atoms with Crippen LogP contribution in [-0.4, -0.2) is 41.8 Å². The highest BCUT2D eigenvalue weighted by Gasteiger charge is 2.23. The molecule has 0 aliphatic carbocycles. The summed E-state index contributed by atoms with van der Waals surface area (Å²) in [6.45, 7) is 2.79. The number of rotatable bonds is 6. The zero-order chi connectivity index (χ0) is 16.9. The van der Waals surface area contributed by atoms with E-state index in [1.165, 1.54) is 18.4 Å². The third-order valence-electron chi connectivity index (χ3n) is 4.36. The number of aromatic nitrogens is 2. The minimum Gasteiger partial charge on any atom is -0.497 e. The molecule has 24 heavy (non-hydrogen) atoms. The van der Waals surface area contributed by atoms with Crippen LogP contribution in [0, 0.1) is 0 Å². The van der Waals surface area contributed by atoms with E-state index in [0.29, 0.717) is 12.2 Å². The largest absolute Gasteiger partial charge is 0.497 e. The number of nitrogens with one attached hydrogen (secondary N) is 2. The molecule has 1 aliphatic rings. The Morgan fingerprint density at radius 2 is 2.04 bits per heavy atom. The fraction of sp³-hybridized carbons (Fsp3) is 0.412. The van der Waals surface area contributed by atoms with E-state index in [0.717, 1.165) is 18.8 Å². The summed E-state index contributed by atoms with van der Waals surface area (Å²) in [5.41, 5.74) is 1.38. The number of methoxy groups -OCH3 is 1. The molecule has 3 rings (SSSR count). The van der Waals surface area contributed by atoms with Crippen LogP contribution >= 0.6 is 11.6 Å². The number of nitrogens with zero attached hydrogens (tertiary/aromatic N) is 2. The highest BCUT2D eigenvalue weighted by molar-refractivity contribution is 6.32. The Morgan fingerprint density at radius 1 is 1.33 bits per heavy atom. The van der Waals surface area contributed by atoms with Gasteiger partial charge >= 0.3 is 0 Å². The number of anilines is 1. The molecule has 2 heterocycles. The Kier molecular flexibility index (Phi) is 5.37. The van der Waals surface area contributed by atoms with E-state index < -0.39 is 0 Å². The topological polar surface area (TPSA) is 70.2 Å². The molecule has 2 aromatic rings. The van der Waals surface area contributed by atoms with Gasteiger partial charge in [-0.3, -0.25) is 9.69 Å². The van der Waals surface area contributed by atoms with Crippen LogP contribution in [0.1, 0.15) is 24.4 Å². The summed E-state index contributed by atoms with van der Waals surface area (Å²) in [6, 6.07) is 8.32. The van der Waals surface area contributed by atoms with E-state index in [-0.39, 0.29) is 16.6 Å². The molecule has 0 bridgehead atoms. The van der Waals surface area contributed by atoms with Crippen molar-refractivity contribution in [3.8, 4) is 5.75 Å². The Morgan fingerprint density at radius 3 is 2.71 bits per heavy atom. The number of ether oxygens (including phenoxy) is 1.